The molecule has 0 radical (unpaired) electrons. The lowest BCUT2D eigenvalue weighted by atomic mass is 10.1. The third-order valence-corrected chi connectivity index (χ3v) is 3.35. The summed E-state index contributed by atoms with van der Waals surface area (Å²) in [7, 11) is 0. The molecule has 1 rings (SSSR count). The Morgan fingerprint density at radius 3 is 3.00 bits per heavy atom. The molecule has 0 saturated carbocycles. The second-order valence-electron chi connectivity index (χ2n) is 4.10. The predicted octanol–water partition coefficient (Wildman–Crippen LogP) is 1.72. The summed E-state index contributed by atoms with van der Waals surface area (Å²) < 4.78 is 12.9. The van der Waals surface area contributed by atoms with E-state index >= 15 is 0 Å². The van der Waals surface area contributed by atoms with Gasteiger partial charge in [-0.25, -0.2) is 9.37 Å². The molecule has 7 heteroatoms. The van der Waals surface area contributed by atoms with E-state index in [0.29, 0.717) is 5.75 Å². The van der Waals surface area contributed by atoms with Gasteiger partial charge in [0.2, 0.25) is 0 Å². The summed E-state index contributed by atoms with van der Waals surface area (Å²) in [5.41, 5.74) is -1.07. The second kappa shape index (κ2) is 6.36. The van der Waals surface area contributed by atoms with Crippen molar-refractivity contribution in [2.24, 2.45) is 0 Å². The molecule has 18 heavy (non-hydrogen) atoms. The van der Waals surface area contributed by atoms with Crippen LogP contribution < -0.4 is 5.32 Å². The standard InChI is InChI=1S/C11H14ClFN2O2S/c1-11(17,6-18-2)5-15-10(16)8-3-7(13)4-14-9(8)12/h3-4,17H,5-6H2,1-2H3,(H,15,16). The van der Waals surface area contributed by atoms with Gasteiger partial charge in [-0.15, -0.1) is 0 Å². The van der Waals surface area contributed by atoms with Gasteiger partial charge in [0.05, 0.1) is 17.4 Å². The number of hydrogen-bond donors (Lipinski definition) is 2. The predicted molar refractivity (Wildman–Crippen MR) is 70.5 cm³/mol. The number of rotatable bonds is 5. The van der Waals surface area contributed by atoms with Crippen LogP contribution in [-0.4, -0.2) is 40.2 Å². The smallest absolute Gasteiger partial charge is 0.254 e. The van der Waals surface area contributed by atoms with E-state index in [-0.39, 0.29) is 17.3 Å². The van der Waals surface area contributed by atoms with E-state index in [2.05, 4.69) is 10.3 Å². The van der Waals surface area contributed by atoms with Crippen molar-refractivity contribution in [2.45, 2.75) is 12.5 Å². The molecule has 0 aliphatic carbocycles. The minimum Gasteiger partial charge on any atom is -0.387 e. The molecule has 4 nitrogen and oxygen atoms in total. The molecule has 1 amide bonds. The average Bonchev–Trinajstić information content (AvgIpc) is 2.29. The van der Waals surface area contributed by atoms with Crippen molar-refractivity contribution in [1.82, 2.24) is 10.3 Å². The first-order chi connectivity index (χ1) is 8.35. The molecule has 1 heterocycles. The van der Waals surface area contributed by atoms with Crippen LogP contribution >= 0.6 is 23.4 Å². The molecule has 0 aliphatic heterocycles. The highest BCUT2D eigenvalue weighted by Gasteiger charge is 2.21. The number of amides is 1. The third-order valence-electron chi connectivity index (χ3n) is 2.14. The highest BCUT2D eigenvalue weighted by atomic mass is 35.5. The topological polar surface area (TPSA) is 62.2 Å². The minimum absolute atomic E-state index is 0.0448. The Bertz CT molecular complexity index is 443. The van der Waals surface area contributed by atoms with Gasteiger partial charge in [-0.05, 0) is 19.2 Å². The second-order valence-corrected chi connectivity index (χ2v) is 5.33. The SMILES string of the molecule is CSCC(C)(O)CNC(=O)c1cc(F)cnc1Cl. The van der Waals surface area contributed by atoms with Crippen molar-refractivity contribution in [2.75, 3.05) is 18.6 Å². The Balaban J connectivity index is 2.69. The van der Waals surface area contributed by atoms with Crippen LogP contribution in [0.15, 0.2) is 12.3 Å². The fourth-order valence-corrected chi connectivity index (χ4v) is 2.22. The van der Waals surface area contributed by atoms with E-state index in [0.717, 1.165) is 12.3 Å². The van der Waals surface area contributed by atoms with Crippen molar-refractivity contribution in [1.29, 1.82) is 0 Å². The van der Waals surface area contributed by atoms with E-state index in [4.69, 9.17) is 11.6 Å². The van der Waals surface area contributed by atoms with Crippen LogP contribution in [0.25, 0.3) is 0 Å². The van der Waals surface area contributed by atoms with Crippen LogP contribution in [0.4, 0.5) is 4.39 Å². The van der Waals surface area contributed by atoms with Gasteiger partial charge < -0.3 is 10.4 Å². The first-order valence-corrected chi connectivity index (χ1v) is 6.93. The fourth-order valence-electron chi connectivity index (χ4n) is 1.31. The molecule has 0 aliphatic rings. The maximum Gasteiger partial charge on any atom is 0.254 e. The molecule has 0 saturated heterocycles. The maximum atomic E-state index is 12.9. The first-order valence-electron chi connectivity index (χ1n) is 5.16. The highest BCUT2D eigenvalue weighted by Crippen LogP contribution is 2.14. The number of aromatic nitrogens is 1. The molecule has 2 N–H and O–H groups in total. The first kappa shape index (κ1) is 15.2. The number of nitrogens with one attached hydrogen (secondary N) is 1. The average molecular weight is 293 g/mol. The lowest BCUT2D eigenvalue weighted by Gasteiger charge is -2.22. The van der Waals surface area contributed by atoms with Gasteiger partial charge >= 0.3 is 0 Å². The third kappa shape index (κ3) is 4.44. The van der Waals surface area contributed by atoms with Crippen molar-refractivity contribution in [3.05, 3.63) is 28.8 Å². The summed E-state index contributed by atoms with van der Waals surface area (Å²) >= 11 is 7.16. The zero-order valence-electron chi connectivity index (χ0n) is 10.0. The monoisotopic (exact) mass is 292 g/mol. The number of thioether (sulfide) groups is 1. The van der Waals surface area contributed by atoms with Crippen molar-refractivity contribution < 1.29 is 14.3 Å². The van der Waals surface area contributed by atoms with E-state index < -0.39 is 17.3 Å². The van der Waals surface area contributed by atoms with Crippen LogP contribution in [0.1, 0.15) is 17.3 Å². The van der Waals surface area contributed by atoms with E-state index in [1.54, 1.807) is 6.92 Å². The number of halogens is 2. The molecular weight excluding hydrogens is 279 g/mol. The van der Waals surface area contributed by atoms with Gasteiger partial charge in [0.25, 0.3) is 5.91 Å². The number of pyridine rings is 1. The lowest BCUT2D eigenvalue weighted by Crippen LogP contribution is -2.42. The molecule has 0 aromatic carbocycles. The largest absolute Gasteiger partial charge is 0.387 e. The van der Waals surface area contributed by atoms with Gasteiger partial charge in [-0.3, -0.25) is 4.79 Å². The van der Waals surface area contributed by atoms with Gasteiger partial charge in [0.1, 0.15) is 11.0 Å². The van der Waals surface area contributed by atoms with E-state index in [1.165, 1.54) is 11.8 Å². The fraction of sp³-hybridized carbons (Fsp3) is 0.455. The quantitative estimate of drug-likeness (QED) is 0.811. The van der Waals surface area contributed by atoms with Gasteiger partial charge in [-0.1, -0.05) is 11.6 Å². The molecule has 100 valence electrons. The molecule has 1 aromatic heterocycles. The summed E-state index contributed by atoms with van der Waals surface area (Å²) in [6, 6.07) is 1.01. The van der Waals surface area contributed by atoms with Crippen molar-refractivity contribution in [3.63, 3.8) is 0 Å². The number of aliphatic hydroxyl groups is 1. The number of hydrogen-bond acceptors (Lipinski definition) is 4. The van der Waals surface area contributed by atoms with Crippen LogP contribution in [0.3, 0.4) is 0 Å². The molecule has 1 atom stereocenters. The molecule has 0 spiro atoms. The van der Waals surface area contributed by atoms with Gasteiger partial charge in [0.15, 0.2) is 0 Å². The Hall–Kier alpha value is -0.850. The summed E-state index contributed by atoms with van der Waals surface area (Å²) in [6.45, 7) is 1.66. The van der Waals surface area contributed by atoms with Crippen LogP contribution in [-0.2, 0) is 0 Å². The zero-order valence-corrected chi connectivity index (χ0v) is 11.6. The van der Waals surface area contributed by atoms with E-state index in [9.17, 15) is 14.3 Å². The summed E-state index contributed by atoms with van der Waals surface area (Å²) in [5.74, 6) is -0.726. The minimum atomic E-state index is -1.03. The maximum absolute atomic E-state index is 12.9. The summed E-state index contributed by atoms with van der Waals surface area (Å²) in [6.07, 6.45) is 2.78. The van der Waals surface area contributed by atoms with Crippen LogP contribution in [0, 0.1) is 5.82 Å². The van der Waals surface area contributed by atoms with Crippen LogP contribution in [0.2, 0.25) is 5.15 Å². The Morgan fingerprint density at radius 2 is 2.39 bits per heavy atom. The van der Waals surface area contributed by atoms with Gasteiger partial charge in [0, 0.05) is 12.3 Å². The summed E-state index contributed by atoms with van der Waals surface area (Å²) in [5, 5.41) is 12.3. The number of carbonyl (C=O) groups excluding carboxylic acids is 1. The Kier molecular flexibility index (Phi) is 5.37. The number of carbonyl (C=O) groups is 1. The number of nitrogens with zero attached hydrogens (tertiary/aromatic N) is 1. The van der Waals surface area contributed by atoms with Crippen LogP contribution in [0.5, 0.6) is 0 Å². The Morgan fingerprint density at radius 1 is 1.72 bits per heavy atom. The lowest BCUT2D eigenvalue weighted by molar-refractivity contribution is 0.0724. The Labute approximate surface area is 114 Å². The molecule has 1 aromatic rings. The van der Waals surface area contributed by atoms with Crippen molar-refractivity contribution in [3.8, 4) is 0 Å². The highest BCUT2D eigenvalue weighted by molar-refractivity contribution is 7.98. The molecule has 0 bridgehead atoms. The van der Waals surface area contributed by atoms with E-state index in [1.807, 2.05) is 6.26 Å². The molecule has 1 unspecified atom stereocenters. The van der Waals surface area contributed by atoms with Crippen molar-refractivity contribution >= 4 is 29.3 Å². The molecule has 0 fully saturated rings. The normalized spacial score (nSPS) is 14.1. The molecular formula is C11H14ClFN2O2S. The van der Waals surface area contributed by atoms with Gasteiger partial charge in [-0.2, -0.15) is 11.8 Å². The zero-order chi connectivity index (χ0) is 13.8. The summed E-state index contributed by atoms with van der Waals surface area (Å²) in [4.78, 5) is 15.3.